The Bertz CT molecular complexity index is 629. The summed E-state index contributed by atoms with van der Waals surface area (Å²) in [6.07, 6.45) is 4.87. The first-order chi connectivity index (χ1) is 8.34. The van der Waals surface area contributed by atoms with Crippen LogP contribution in [0.1, 0.15) is 0 Å². The molecule has 0 saturated carbocycles. The molecule has 0 amide bonds. The summed E-state index contributed by atoms with van der Waals surface area (Å²) in [6, 6.07) is 3.60. The zero-order chi connectivity index (χ0) is 11.7. The molecule has 7 nitrogen and oxygen atoms in total. The Balaban J connectivity index is 2.02. The van der Waals surface area contributed by atoms with Crippen molar-refractivity contribution in [1.29, 1.82) is 0 Å². The standard InChI is InChI=1S/C10H8N6O/c11-8-7(5-13-15-8)10-14-9(16-17-10)6-1-3-12-4-2-6/h1-5H,(H3,11,13,15). The van der Waals surface area contributed by atoms with Crippen molar-refractivity contribution < 1.29 is 4.52 Å². The maximum Gasteiger partial charge on any atom is 0.263 e. The molecule has 3 N–H and O–H groups in total. The molecule has 0 aliphatic heterocycles. The first kappa shape index (κ1) is 9.52. The van der Waals surface area contributed by atoms with Gasteiger partial charge in [-0.05, 0) is 12.1 Å². The molecule has 0 saturated heterocycles. The average Bonchev–Trinajstić information content (AvgIpc) is 2.98. The Morgan fingerprint density at radius 2 is 2.06 bits per heavy atom. The number of aromatic amines is 1. The lowest BCUT2D eigenvalue weighted by atomic mass is 10.2. The zero-order valence-corrected chi connectivity index (χ0v) is 8.66. The van der Waals surface area contributed by atoms with Crippen LogP contribution >= 0.6 is 0 Å². The fraction of sp³-hybridized carbons (Fsp3) is 0. The van der Waals surface area contributed by atoms with Crippen molar-refractivity contribution in [2.24, 2.45) is 0 Å². The second-order valence-electron chi connectivity index (χ2n) is 3.36. The predicted octanol–water partition coefficient (Wildman–Crippen LogP) is 1.10. The van der Waals surface area contributed by atoms with E-state index in [9.17, 15) is 0 Å². The van der Waals surface area contributed by atoms with Crippen molar-refractivity contribution >= 4 is 5.82 Å². The van der Waals surface area contributed by atoms with Crippen LogP contribution in [0, 0.1) is 0 Å². The van der Waals surface area contributed by atoms with Gasteiger partial charge in [-0.3, -0.25) is 10.1 Å². The van der Waals surface area contributed by atoms with E-state index in [-0.39, 0.29) is 0 Å². The van der Waals surface area contributed by atoms with Crippen LogP contribution in [-0.2, 0) is 0 Å². The number of nitrogens with two attached hydrogens (primary N) is 1. The molecule has 3 aromatic rings. The number of aromatic nitrogens is 5. The molecule has 3 heterocycles. The molecule has 7 heteroatoms. The quantitative estimate of drug-likeness (QED) is 0.680. The number of anilines is 1. The van der Waals surface area contributed by atoms with Gasteiger partial charge in [0.25, 0.3) is 5.89 Å². The molecule has 0 spiro atoms. The van der Waals surface area contributed by atoms with Crippen molar-refractivity contribution in [3.8, 4) is 22.8 Å². The highest BCUT2D eigenvalue weighted by atomic mass is 16.5. The number of nitrogen functional groups attached to an aromatic ring is 1. The maximum absolute atomic E-state index is 5.66. The van der Waals surface area contributed by atoms with Crippen LogP contribution in [0.3, 0.4) is 0 Å². The number of H-pyrrole nitrogens is 1. The molecular formula is C10H8N6O. The van der Waals surface area contributed by atoms with E-state index in [0.717, 1.165) is 5.56 Å². The van der Waals surface area contributed by atoms with Crippen LogP contribution in [0.15, 0.2) is 35.2 Å². The van der Waals surface area contributed by atoms with Gasteiger partial charge in [0, 0.05) is 18.0 Å². The summed E-state index contributed by atoms with van der Waals surface area (Å²) in [5.74, 6) is 1.22. The normalized spacial score (nSPS) is 10.6. The van der Waals surface area contributed by atoms with Gasteiger partial charge in [0.05, 0.1) is 6.20 Å². The lowest BCUT2D eigenvalue weighted by molar-refractivity contribution is 0.432. The summed E-state index contributed by atoms with van der Waals surface area (Å²) < 4.78 is 5.12. The molecule has 0 aromatic carbocycles. The fourth-order valence-corrected chi connectivity index (χ4v) is 1.42. The van der Waals surface area contributed by atoms with Gasteiger partial charge in [0.2, 0.25) is 5.82 Å². The molecule has 17 heavy (non-hydrogen) atoms. The van der Waals surface area contributed by atoms with Gasteiger partial charge in [0.1, 0.15) is 11.4 Å². The zero-order valence-electron chi connectivity index (χ0n) is 8.66. The van der Waals surface area contributed by atoms with E-state index in [1.807, 2.05) is 0 Å². The van der Waals surface area contributed by atoms with E-state index in [1.54, 1.807) is 30.7 Å². The van der Waals surface area contributed by atoms with E-state index in [1.165, 1.54) is 0 Å². The third kappa shape index (κ3) is 1.63. The van der Waals surface area contributed by atoms with E-state index in [4.69, 9.17) is 10.3 Å². The number of nitrogens with one attached hydrogen (secondary N) is 1. The molecule has 0 atom stereocenters. The van der Waals surface area contributed by atoms with Crippen molar-refractivity contribution in [2.45, 2.75) is 0 Å². The highest BCUT2D eigenvalue weighted by molar-refractivity contribution is 5.67. The summed E-state index contributed by atoms with van der Waals surface area (Å²) in [5, 5.41) is 10.3. The second kappa shape index (κ2) is 3.71. The third-order valence-electron chi connectivity index (χ3n) is 2.26. The molecule has 3 aromatic heterocycles. The summed E-state index contributed by atoms with van der Waals surface area (Å²) >= 11 is 0. The first-order valence-electron chi connectivity index (χ1n) is 4.88. The van der Waals surface area contributed by atoms with E-state index < -0.39 is 0 Å². The Morgan fingerprint density at radius 1 is 1.24 bits per heavy atom. The van der Waals surface area contributed by atoms with Crippen LogP contribution in [0.4, 0.5) is 5.82 Å². The number of hydrogen-bond donors (Lipinski definition) is 2. The SMILES string of the molecule is Nc1[nH]ncc1-c1nc(-c2ccncc2)no1. The molecule has 3 rings (SSSR count). The lowest BCUT2D eigenvalue weighted by Crippen LogP contribution is -1.87. The molecule has 84 valence electrons. The van der Waals surface area contributed by atoms with Crippen LogP contribution in [0.2, 0.25) is 0 Å². The smallest absolute Gasteiger partial charge is 0.263 e. The first-order valence-corrected chi connectivity index (χ1v) is 4.88. The van der Waals surface area contributed by atoms with Crippen molar-refractivity contribution in [3.05, 3.63) is 30.7 Å². The van der Waals surface area contributed by atoms with Crippen LogP contribution < -0.4 is 5.73 Å². The molecule has 0 fully saturated rings. The minimum Gasteiger partial charge on any atom is -0.383 e. The number of nitrogens with zero attached hydrogens (tertiary/aromatic N) is 4. The van der Waals surface area contributed by atoms with Gasteiger partial charge in [-0.25, -0.2) is 0 Å². The molecule has 0 radical (unpaired) electrons. The van der Waals surface area contributed by atoms with Gasteiger partial charge < -0.3 is 10.3 Å². The molecule has 0 aliphatic carbocycles. The number of hydrogen-bond acceptors (Lipinski definition) is 6. The summed E-state index contributed by atoms with van der Waals surface area (Å²) in [5.41, 5.74) is 7.09. The highest BCUT2D eigenvalue weighted by Gasteiger charge is 2.13. The van der Waals surface area contributed by atoms with Gasteiger partial charge >= 0.3 is 0 Å². The van der Waals surface area contributed by atoms with Crippen molar-refractivity contribution in [3.63, 3.8) is 0 Å². The third-order valence-corrected chi connectivity index (χ3v) is 2.26. The maximum atomic E-state index is 5.66. The minimum absolute atomic E-state index is 0.336. The number of rotatable bonds is 2. The predicted molar refractivity (Wildman–Crippen MR) is 59.5 cm³/mol. The van der Waals surface area contributed by atoms with E-state index in [2.05, 4.69) is 25.3 Å². The van der Waals surface area contributed by atoms with Crippen LogP contribution in [0.25, 0.3) is 22.8 Å². The van der Waals surface area contributed by atoms with Crippen LogP contribution in [0.5, 0.6) is 0 Å². The average molecular weight is 228 g/mol. The van der Waals surface area contributed by atoms with Gasteiger partial charge in [0.15, 0.2) is 0 Å². The fourth-order valence-electron chi connectivity index (χ4n) is 1.42. The Labute approximate surface area is 95.7 Å². The molecule has 0 bridgehead atoms. The highest BCUT2D eigenvalue weighted by Crippen LogP contribution is 2.24. The van der Waals surface area contributed by atoms with E-state index in [0.29, 0.717) is 23.1 Å². The van der Waals surface area contributed by atoms with Gasteiger partial charge in [-0.2, -0.15) is 10.1 Å². The molecule has 0 unspecified atom stereocenters. The molecule has 0 aliphatic rings. The summed E-state index contributed by atoms with van der Waals surface area (Å²) in [6.45, 7) is 0. The lowest BCUT2D eigenvalue weighted by Gasteiger charge is -1.90. The van der Waals surface area contributed by atoms with Gasteiger partial charge in [-0.15, -0.1) is 0 Å². The van der Waals surface area contributed by atoms with Crippen LogP contribution in [-0.4, -0.2) is 25.3 Å². The minimum atomic E-state index is 0.336. The topological polar surface area (TPSA) is 107 Å². The second-order valence-corrected chi connectivity index (χ2v) is 3.36. The van der Waals surface area contributed by atoms with Crippen molar-refractivity contribution in [2.75, 3.05) is 5.73 Å². The Kier molecular flexibility index (Phi) is 2.08. The summed E-state index contributed by atoms with van der Waals surface area (Å²) in [7, 11) is 0. The van der Waals surface area contributed by atoms with Gasteiger partial charge in [-0.1, -0.05) is 5.16 Å². The molecular weight excluding hydrogens is 220 g/mol. The Morgan fingerprint density at radius 3 is 2.76 bits per heavy atom. The van der Waals surface area contributed by atoms with Crippen molar-refractivity contribution in [1.82, 2.24) is 25.3 Å². The monoisotopic (exact) mass is 228 g/mol. The Hall–Kier alpha value is -2.70. The van der Waals surface area contributed by atoms with E-state index >= 15 is 0 Å². The summed E-state index contributed by atoms with van der Waals surface area (Å²) in [4.78, 5) is 8.16. The number of pyridine rings is 1. The largest absolute Gasteiger partial charge is 0.383 e.